The van der Waals surface area contributed by atoms with Gasteiger partial charge in [0.05, 0.1) is 5.92 Å². The van der Waals surface area contributed by atoms with Gasteiger partial charge in [-0.2, -0.15) is 0 Å². The van der Waals surface area contributed by atoms with Gasteiger partial charge in [-0.1, -0.05) is 31.9 Å². The third kappa shape index (κ3) is 3.16. The van der Waals surface area contributed by atoms with Gasteiger partial charge in [-0.05, 0) is 37.0 Å². The molecule has 1 aliphatic heterocycles. The third-order valence-corrected chi connectivity index (χ3v) is 4.92. The fourth-order valence-electron chi connectivity index (χ4n) is 3.54. The van der Waals surface area contributed by atoms with Crippen LogP contribution in [0.25, 0.3) is 0 Å². The molecule has 1 aliphatic carbocycles. The Morgan fingerprint density at radius 1 is 1.23 bits per heavy atom. The van der Waals surface area contributed by atoms with Crippen molar-refractivity contribution in [3.8, 4) is 0 Å². The Labute approximate surface area is 131 Å². The smallest absolute Gasteiger partial charge is 0.229 e. The fourth-order valence-corrected chi connectivity index (χ4v) is 3.54. The Kier molecular flexibility index (Phi) is 4.46. The van der Waals surface area contributed by atoms with Gasteiger partial charge in [-0.15, -0.1) is 0 Å². The number of nitrogens with zero attached hydrogens (tertiary/aromatic N) is 1. The zero-order valence-electron chi connectivity index (χ0n) is 13.2. The van der Waals surface area contributed by atoms with Crippen LogP contribution in [0.4, 0.5) is 5.69 Å². The maximum Gasteiger partial charge on any atom is 0.229 e. The lowest BCUT2D eigenvalue weighted by Gasteiger charge is -2.23. The average molecular weight is 300 g/mol. The van der Waals surface area contributed by atoms with Crippen LogP contribution >= 0.6 is 0 Å². The lowest BCUT2D eigenvalue weighted by Crippen LogP contribution is -2.35. The van der Waals surface area contributed by atoms with Crippen molar-refractivity contribution in [3.05, 3.63) is 29.8 Å². The number of benzene rings is 1. The highest BCUT2D eigenvalue weighted by atomic mass is 16.2. The Balaban J connectivity index is 1.59. The second kappa shape index (κ2) is 6.51. The number of aryl methyl sites for hydroxylation is 1. The van der Waals surface area contributed by atoms with Crippen LogP contribution in [0.1, 0.15) is 44.6 Å². The summed E-state index contributed by atoms with van der Waals surface area (Å²) in [7, 11) is 0. The zero-order chi connectivity index (χ0) is 15.5. The van der Waals surface area contributed by atoms with Gasteiger partial charge in [0, 0.05) is 24.7 Å². The van der Waals surface area contributed by atoms with Crippen LogP contribution in [0, 0.1) is 5.92 Å². The molecule has 1 N–H and O–H groups in total. The lowest BCUT2D eigenvalue weighted by molar-refractivity contribution is -0.129. The molecule has 1 heterocycles. The molecular weight excluding hydrogens is 276 g/mol. The van der Waals surface area contributed by atoms with Crippen LogP contribution in [0.15, 0.2) is 24.3 Å². The van der Waals surface area contributed by atoms with Gasteiger partial charge >= 0.3 is 0 Å². The molecule has 2 aliphatic rings. The maximum absolute atomic E-state index is 12.4. The predicted molar refractivity (Wildman–Crippen MR) is 86.5 cm³/mol. The molecule has 1 aromatic rings. The van der Waals surface area contributed by atoms with E-state index in [1.807, 2.05) is 29.2 Å². The van der Waals surface area contributed by atoms with Gasteiger partial charge in [0.2, 0.25) is 11.8 Å². The first-order valence-corrected chi connectivity index (χ1v) is 8.36. The van der Waals surface area contributed by atoms with E-state index in [0.29, 0.717) is 19.0 Å². The average Bonchev–Trinajstić information content (AvgIpc) is 3.17. The summed E-state index contributed by atoms with van der Waals surface area (Å²) >= 11 is 0. The topological polar surface area (TPSA) is 49.4 Å². The molecule has 1 atom stereocenters. The monoisotopic (exact) mass is 300 g/mol. The van der Waals surface area contributed by atoms with E-state index in [4.69, 9.17) is 0 Å². The van der Waals surface area contributed by atoms with Crippen molar-refractivity contribution >= 4 is 17.5 Å². The Bertz CT molecular complexity index is 547. The van der Waals surface area contributed by atoms with Crippen LogP contribution in [0.5, 0.6) is 0 Å². The van der Waals surface area contributed by atoms with E-state index in [2.05, 4.69) is 12.2 Å². The second-order valence-corrected chi connectivity index (χ2v) is 6.43. The van der Waals surface area contributed by atoms with Crippen LogP contribution < -0.4 is 5.32 Å². The number of nitrogens with one attached hydrogen (secondary N) is 1. The molecule has 2 amide bonds. The van der Waals surface area contributed by atoms with Crippen LogP contribution in [0.3, 0.4) is 0 Å². The summed E-state index contributed by atoms with van der Waals surface area (Å²) in [6.45, 7) is 2.69. The molecule has 0 aromatic heterocycles. The first kappa shape index (κ1) is 15.1. The number of amides is 2. The standard InChI is InChI=1S/C18H24N2O2/c1-2-13-7-9-15(10-8-13)19-18(22)14-11-17(21)20(12-14)16-5-3-4-6-16/h7-10,14,16H,2-6,11-12H2,1H3,(H,19,22). The first-order valence-electron chi connectivity index (χ1n) is 8.36. The van der Waals surface area contributed by atoms with Crippen LogP contribution in [0.2, 0.25) is 0 Å². The van der Waals surface area contributed by atoms with Gasteiger partial charge in [0.25, 0.3) is 0 Å². The predicted octanol–water partition coefficient (Wildman–Crippen LogP) is 2.98. The highest BCUT2D eigenvalue weighted by Gasteiger charge is 2.38. The minimum atomic E-state index is -0.209. The molecule has 3 rings (SSSR count). The maximum atomic E-state index is 12.4. The molecule has 4 heteroatoms. The van der Waals surface area contributed by atoms with Crippen LogP contribution in [-0.2, 0) is 16.0 Å². The van der Waals surface area contributed by atoms with Crippen molar-refractivity contribution in [1.82, 2.24) is 4.90 Å². The summed E-state index contributed by atoms with van der Waals surface area (Å²) < 4.78 is 0. The van der Waals surface area contributed by atoms with Crippen molar-refractivity contribution in [2.45, 2.75) is 51.5 Å². The minimum absolute atomic E-state index is 0.0295. The van der Waals surface area contributed by atoms with Gasteiger partial charge in [0.1, 0.15) is 0 Å². The van der Waals surface area contributed by atoms with Gasteiger partial charge < -0.3 is 10.2 Å². The number of carbonyl (C=O) groups excluding carboxylic acids is 2. The highest BCUT2D eigenvalue weighted by molar-refractivity contribution is 5.97. The Hall–Kier alpha value is -1.84. The molecular formula is C18H24N2O2. The molecule has 1 saturated carbocycles. The van der Waals surface area contributed by atoms with E-state index in [1.54, 1.807) is 0 Å². The number of likely N-dealkylation sites (tertiary alicyclic amines) is 1. The Morgan fingerprint density at radius 2 is 1.91 bits per heavy atom. The van der Waals surface area contributed by atoms with Gasteiger partial charge in [-0.25, -0.2) is 0 Å². The van der Waals surface area contributed by atoms with E-state index in [1.165, 1.54) is 18.4 Å². The largest absolute Gasteiger partial charge is 0.339 e. The number of anilines is 1. The van der Waals surface area contributed by atoms with Crippen molar-refractivity contribution in [2.24, 2.45) is 5.92 Å². The van der Waals surface area contributed by atoms with Crippen molar-refractivity contribution in [3.63, 3.8) is 0 Å². The molecule has 4 nitrogen and oxygen atoms in total. The van der Waals surface area contributed by atoms with Crippen molar-refractivity contribution in [1.29, 1.82) is 0 Å². The summed E-state index contributed by atoms with van der Waals surface area (Å²) in [6.07, 6.45) is 5.94. The normalized spacial score (nSPS) is 22.3. The molecule has 22 heavy (non-hydrogen) atoms. The number of hydrogen-bond acceptors (Lipinski definition) is 2. The number of hydrogen-bond donors (Lipinski definition) is 1. The minimum Gasteiger partial charge on any atom is -0.339 e. The molecule has 0 radical (unpaired) electrons. The zero-order valence-corrected chi connectivity index (χ0v) is 13.2. The fraction of sp³-hybridized carbons (Fsp3) is 0.556. The first-order chi connectivity index (χ1) is 10.7. The number of rotatable bonds is 4. The molecule has 0 bridgehead atoms. The van der Waals surface area contributed by atoms with Crippen LogP contribution in [-0.4, -0.2) is 29.3 Å². The highest BCUT2D eigenvalue weighted by Crippen LogP contribution is 2.30. The third-order valence-electron chi connectivity index (χ3n) is 4.92. The molecule has 0 spiro atoms. The summed E-state index contributed by atoms with van der Waals surface area (Å²) in [5.74, 6) is -0.0922. The van der Waals surface area contributed by atoms with E-state index >= 15 is 0 Å². The molecule has 1 aromatic carbocycles. The van der Waals surface area contributed by atoms with Crippen molar-refractivity contribution in [2.75, 3.05) is 11.9 Å². The van der Waals surface area contributed by atoms with Gasteiger partial charge in [-0.3, -0.25) is 9.59 Å². The SMILES string of the molecule is CCc1ccc(NC(=O)C2CC(=O)N(C3CCCC3)C2)cc1. The molecule has 1 unspecified atom stereocenters. The molecule has 1 saturated heterocycles. The van der Waals surface area contributed by atoms with Crippen molar-refractivity contribution < 1.29 is 9.59 Å². The van der Waals surface area contributed by atoms with E-state index in [0.717, 1.165) is 24.9 Å². The summed E-state index contributed by atoms with van der Waals surface area (Å²) in [5.41, 5.74) is 2.07. The van der Waals surface area contributed by atoms with E-state index < -0.39 is 0 Å². The Morgan fingerprint density at radius 3 is 2.55 bits per heavy atom. The van der Waals surface area contributed by atoms with Gasteiger partial charge in [0.15, 0.2) is 0 Å². The summed E-state index contributed by atoms with van der Waals surface area (Å²) in [4.78, 5) is 26.5. The van der Waals surface area contributed by atoms with E-state index in [9.17, 15) is 9.59 Å². The summed E-state index contributed by atoms with van der Waals surface area (Å²) in [5, 5.41) is 2.95. The molecule has 2 fully saturated rings. The quantitative estimate of drug-likeness (QED) is 0.929. The number of carbonyl (C=O) groups is 2. The lowest BCUT2D eigenvalue weighted by atomic mass is 10.1. The summed E-state index contributed by atoms with van der Waals surface area (Å²) in [6, 6.07) is 8.29. The second-order valence-electron chi connectivity index (χ2n) is 6.43. The van der Waals surface area contributed by atoms with E-state index in [-0.39, 0.29) is 17.7 Å². The molecule has 118 valence electrons.